The fraction of sp³-hybridized carbons (Fsp3) is 0.333. The highest BCUT2D eigenvalue weighted by atomic mass is 79.9. The summed E-state index contributed by atoms with van der Waals surface area (Å²) in [7, 11) is 0. The van der Waals surface area contributed by atoms with Gasteiger partial charge < -0.3 is 10.6 Å². The number of fused-ring (bicyclic) bond motifs is 3. The van der Waals surface area contributed by atoms with Crippen LogP contribution in [0.2, 0.25) is 0 Å². The summed E-state index contributed by atoms with van der Waals surface area (Å²) in [5.74, 6) is -0.201. The minimum Gasteiger partial charge on any atom is -0.322 e. The molecule has 18 heavy (non-hydrogen) atoms. The van der Waals surface area contributed by atoms with Crippen LogP contribution in [0.1, 0.15) is 5.56 Å². The van der Waals surface area contributed by atoms with Crippen molar-refractivity contribution in [2.75, 3.05) is 23.3 Å². The largest absolute Gasteiger partial charge is 0.322 e. The number of piperazine rings is 1. The van der Waals surface area contributed by atoms with Gasteiger partial charge in [-0.05, 0) is 24.6 Å². The first-order chi connectivity index (χ1) is 8.58. The zero-order chi connectivity index (χ0) is 12.9. The SMILES string of the molecule is Cc1cc(Br)cc2c1N1C(=O)CNCC1C(=O)N2. The van der Waals surface area contributed by atoms with Gasteiger partial charge in [0.05, 0.1) is 17.9 Å². The highest BCUT2D eigenvalue weighted by Gasteiger charge is 2.39. The number of hydrogen-bond donors (Lipinski definition) is 2. The molecule has 3 rings (SSSR count). The summed E-state index contributed by atoms with van der Waals surface area (Å²) in [5.41, 5.74) is 2.48. The molecule has 5 nitrogen and oxygen atoms in total. The number of benzene rings is 1. The summed E-state index contributed by atoms with van der Waals surface area (Å²) in [5, 5.41) is 5.82. The monoisotopic (exact) mass is 309 g/mol. The van der Waals surface area contributed by atoms with Crippen molar-refractivity contribution in [2.24, 2.45) is 0 Å². The van der Waals surface area contributed by atoms with Gasteiger partial charge in [0, 0.05) is 11.0 Å². The lowest BCUT2D eigenvalue weighted by molar-refractivity contribution is -0.124. The molecule has 0 saturated carbocycles. The molecule has 0 aliphatic carbocycles. The second-order valence-electron chi connectivity index (χ2n) is 4.52. The topological polar surface area (TPSA) is 61.4 Å². The molecule has 0 bridgehead atoms. The fourth-order valence-electron chi connectivity index (χ4n) is 2.52. The Hall–Kier alpha value is -1.40. The van der Waals surface area contributed by atoms with Gasteiger partial charge in [0.2, 0.25) is 11.8 Å². The van der Waals surface area contributed by atoms with Crippen molar-refractivity contribution in [3.05, 3.63) is 22.2 Å². The highest BCUT2D eigenvalue weighted by molar-refractivity contribution is 9.10. The Morgan fingerprint density at radius 3 is 2.94 bits per heavy atom. The van der Waals surface area contributed by atoms with Crippen LogP contribution in [-0.4, -0.2) is 30.9 Å². The van der Waals surface area contributed by atoms with Crippen molar-refractivity contribution in [3.63, 3.8) is 0 Å². The molecule has 2 amide bonds. The molecule has 1 aromatic carbocycles. The molecule has 1 unspecified atom stereocenters. The van der Waals surface area contributed by atoms with E-state index in [0.717, 1.165) is 15.7 Å². The van der Waals surface area contributed by atoms with E-state index in [1.807, 2.05) is 19.1 Å². The van der Waals surface area contributed by atoms with Crippen LogP contribution in [0.3, 0.4) is 0 Å². The van der Waals surface area contributed by atoms with Crippen molar-refractivity contribution in [1.29, 1.82) is 0 Å². The van der Waals surface area contributed by atoms with Gasteiger partial charge in [0.1, 0.15) is 6.04 Å². The molecule has 0 radical (unpaired) electrons. The number of nitrogens with one attached hydrogen (secondary N) is 2. The van der Waals surface area contributed by atoms with Crippen LogP contribution in [0, 0.1) is 6.92 Å². The van der Waals surface area contributed by atoms with Crippen molar-refractivity contribution in [2.45, 2.75) is 13.0 Å². The Balaban J connectivity index is 2.19. The van der Waals surface area contributed by atoms with Gasteiger partial charge in [-0.15, -0.1) is 0 Å². The maximum absolute atomic E-state index is 12.0. The maximum Gasteiger partial charge on any atom is 0.248 e. The predicted molar refractivity (Wildman–Crippen MR) is 71.7 cm³/mol. The summed E-state index contributed by atoms with van der Waals surface area (Å²) in [6.45, 7) is 2.71. The normalized spacial score (nSPS) is 22.3. The molecule has 2 N–H and O–H groups in total. The fourth-order valence-corrected chi connectivity index (χ4v) is 3.10. The quantitative estimate of drug-likeness (QED) is 0.752. The number of carbonyl (C=O) groups is 2. The van der Waals surface area contributed by atoms with Crippen LogP contribution >= 0.6 is 15.9 Å². The first-order valence-corrected chi connectivity index (χ1v) is 6.51. The summed E-state index contributed by atoms with van der Waals surface area (Å²) >= 11 is 3.40. The second kappa shape index (κ2) is 4.07. The smallest absolute Gasteiger partial charge is 0.248 e. The lowest BCUT2D eigenvalue weighted by Gasteiger charge is -2.40. The Labute approximate surface area is 113 Å². The number of anilines is 2. The number of rotatable bonds is 0. The van der Waals surface area contributed by atoms with Crippen LogP contribution in [0.15, 0.2) is 16.6 Å². The summed E-state index contributed by atoms with van der Waals surface area (Å²) in [4.78, 5) is 25.7. The van der Waals surface area contributed by atoms with Gasteiger partial charge in [0.25, 0.3) is 0 Å². The molecule has 1 aromatic rings. The Morgan fingerprint density at radius 1 is 1.39 bits per heavy atom. The molecule has 2 heterocycles. The van der Waals surface area contributed by atoms with E-state index in [1.165, 1.54) is 0 Å². The Morgan fingerprint density at radius 2 is 2.17 bits per heavy atom. The van der Waals surface area contributed by atoms with E-state index in [2.05, 4.69) is 26.6 Å². The first kappa shape index (κ1) is 11.7. The minimum atomic E-state index is -0.446. The Kier molecular flexibility index (Phi) is 2.64. The lowest BCUT2D eigenvalue weighted by Crippen LogP contribution is -2.61. The number of aryl methyl sites for hydroxylation is 1. The van der Waals surface area contributed by atoms with E-state index in [1.54, 1.807) is 4.90 Å². The van der Waals surface area contributed by atoms with Gasteiger partial charge in [-0.3, -0.25) is 14.5 Å². The van der Waals surface area contributed by atoms with Crippen LogP contribution < -0.4 is 15.5 Å². The van der Waals surface area contributed by atoms with Gasteiger partial charge in [-0.1, -0.05) is 15.9 Å². The van der Waals surface area contributed by atoms with Crippen LogP contribution in [-0.2, 0) is 9.59 Å². The van der Waals surface area contributed by atoms with Gasteiger partial charge >= 0.3 is 0 Å². The van der Waals surface area contributed by atoms with E-state index in [0.29, 0.717) is 12.2 Å². The number of carbonyl (C=O) groups excluding carboxylic acids is 2. The zero-order valence-corrected chi connectivity index (χ0v) is 11.4. The standard InChI is InChI=1S/C12H12BrN3O2/c1-6-2-7(13)3-8-11(6)16-9(12(18)15-8)4-14-5-10(16)17/h2-3,9,14H,4-5H2,1H3,(H,15,18). The van der Waals surface area contributed by atoms with Gasteiger partial charge in [-0.2, -0.15) is 0 Å². The molecule has 1 saturated heterocycles. The van der Waals surface area contributed by atoms with E-state index in [-0.39, 0.29) is 18.4 Å². The summed E-state index contributed by atoms with van der Waals surface area (Å²) in [6, 6.07) is 3.33. The second-order valence-corrected chi connectivity index (χ2v) is 5.43. The maximum atomic E-state index is 12.0. The van der Waals surface area contributed by atoms with Crippen LogP contribution in [0.25, 0.3) is 0 Å². The third kappa shape index (κ3) is 1.64. The number of amides is 2. The minimum absolute atomic E-state index is 0.0622. The Bertz CT molecular complexity index is 558. The number of hydrogen-bond acceptors (Lipinski definition) is 3. The summed E-state index contributed by atoms with van der Waals surface area (Å²) in [6.07, 6.45) is 0. The molecule has 0 aromatic heterocycles. The molecule has 0 spiro atoms. The molecular weight excluding hydrogens is 298 g/mol. The molecule has 94 valence electrons. The predicted octanol–water partition coefficient (Wildman–Crippen LogP) is 1.01. The molecule has 2 aliphatic rings. The lowest BCUT2D eigenvalue weighted by atomic mass is 10.0. The summed E-state index contributed by atoms with van der Waals surface area (Å²) < 4.78 is 0.889. The van der Waals surface area contributed by atoms with Crippen molar-refractivity contribution in [1.82, 2.24) is 5.32 Å². The van der Waals surface area contributed by atoms with Crippen LogP contribution in [0.4, 0.5) is 11.4 Å². The van der Waals surface area contributed by atoms with Crippen molar-refractivity contribution >= 4 is 39.1 Å². The van der Waals surface area contributed by atoms with Crippen LogP contribution in [0.5, 0.6) is 0 Å². The first-order valence-electron chi connectivity index (χ1n) is 5.71. The average Bonchev–Trinajstić information content (AvgIpc) is 2.29. The van der Waals surface area contributed by atoms with E-state index in [9.17, 15) is 9.59 Å². The third-order valence-electron chi connectivity index (χ3n) is 3.26. The van der Waals surface area contributed by atoms with Crippen molar-refractivity contribution in [3.8, 4) is 0 Å². The van der Waals surface area contributed by atoms with Gasteiger partial charge in [-0.25, -0.2) is 0 Å². The molecular formula is C12H12BrN3O2. The molecule has 1 atom stereocenters. The van der Waals surface area contributed by atoms with Gasteiger partial charge in [0.15, 0.2) is 0 Å². The zero-order valence-electron chi connectivity index (χ0n) is 9.79. The molecule has 1 fully saturated rings. The van der Waals surface area contributed by atoms with E-state index >= 15 is 0 Å². The van der Waals surface area contributed by atoms with Crippen molar-refractivity contribution < 1.29 is 9.59 Å². The van der Waals surface area contributed by atoms with E-state index in [4.69, 9.17) is 0 Å². The number of halogens is 1. The van der Waals surface area contributed by atoms with E-state index < -0.39 is 6.04 Å². The molecule has 6 heteroatoms. The highest BCUT2D eigenvalue weighted by Crippen LogP contribution is 2.38. The third-order valence-corrected chi connectivity index (χ3v) is 3.72. The average molecular weight is 310 g/mol. The molecule has 2 aliphatic heterocycles. The number of nitrogens with zero attached hydrogens (tertiary/aromatic N) is 1.